The van der Waals surface area contributed by atoms with Crippen molar-refractivity contribution in [3.05, 3.63) is 71.9 Å². The molecule has 0 spiro atoms. The Hall–Kier alpha value is -3.59. The van der Waals surface area contributed by atoms with Gasteiger partial charge >= 0.3 is 5.97 Å². The Morgan fingerprint density at radius 2 is 1.97 bits per heavy atom. The molecule has 3 aromatic rings. The van der Waals surface area contributed by atoms with E-state index in [1.807, 2.05) is 0 Å². The highest BCUT2D eigenvalue weighted by atomic mass is 19.1. The molecule has 0 bridgehead atoms. The van der Waals surface area contributed by atoms with Crippen LogP contribution in [0.3, 0.4) is 0 Å². The van der Waals surface area contributed by atoms with Gasteiger partial charge in [0.1, 0.15) is 12.4 Å². The van der Waals surface area contributed by atoms with Crippen LogP contribution in [0.4, 0.5) is 4.39 Å². The van der Waals surface area contributed by atoms with Crippen LogP contribution in [0.25, 0.3) is 11.3 Å². The highest BCUT2D eigenvalue weighted by Gasteiger charge is 2.22. The van der Waals surface area contributed by atoms with E-state index in [0.717, 1.165) is 31.5 Å². The molecule has 4 rings (SSSR count). The average Bonchev–Trinajstić information content (AvgIpc) is 3.21. The molecule has 2 aromatic heterocycles. The van der Waals surface area contributed by atoms with Crippen molar-refractivity contribution in [1.82, 2.24) is 25.0 Å². The van der Waals surface area contributed by atoms with E-state index >= 15 is 0 Å². The number of rotatable bonds is 7. The van der Waals surface area contributed by atoms with Gasteiger partial charge < -0.3 is 10.4 Å². The number of carbonyl (C=O) groups is 2. The number of aliphatic carboxylic acids is 1. The van der Waals surface area contributed by atoms with Crippen LogP contribution < -0.4 is 5.32 Å². The van der Waals surface area contributed by atoms with Gasteiger partial charge in [-0.25, -0.2) is 4.39 Å². The lowest BCUT2D eigenvalue weighted by Gasteiger charge is -2.32. The number of carboxylic acids is 1. The van der Waals surface area contributed by atoms with E-state index in [4.69, 9.17) is 5.11 Å². The summed E-state index contributed by atoms with van der Waals surface area (Å²) in [5.74, 6) is -1.42. The minimum atomic E-state index is -0.921. The Labute approximate surface area is 184 Å². The first-order valence-electron chi connectivity index (χ1n) is 10.4. The Kier molecular flexibility index (Phi) is 6.55. The van der Waals surface area contributed by atoms with Crippen molar-refractivity contribution in [2.45, 2.75) is 32.0 Å². The number of hydrogen-bond donors (Lipinski definition) is 2. The lowest BCUT2D eigenvalue weighted by molar-refractivity contribution is -0.137. The van der Waals surface area contributed by atoms with Crippen molar-refractivity contribution >= 4 is 11.9 Å². The molecule has 0 saturated carbocycles. The second-order valence-electron chi connectivity index (χ2n) is 7.91. The molecular weight excluding hydrogens is 413 g/mol. The van der Waals surface area contributed by atoms with Crippen LogP contribution in [0.1, 0.15) is 28.8 Å². The van der Waals surface area contributed by atoms with Gasteiger partial charge in [-0.15, -0.1) is 0 Å². The molecule has 1 aliphatic heterocycles. The maximum Gasteiger partial charge on any atom is 0.325 e. The monoisotopic (exact) mass is 437 g/mol. The first kappa shape index (κ1) is 21.6. The number of likely N-dealkylation sites (tertiary alicyclic amines) is 1. The van der Waals surface area contributed by atoms with E-state index in [2.05, 4.69) is 20.3 Å². The minimum Gasteiger partial charge on any atom is -0.480 e. The summed E-state index contributed by atoms with van der Waals surface area (Å²) in [5, 5.41) is 16.0. The van der Waals surface area contributed by atoms with Gasteiger partial charge in [0.2, 0.25) is 0 Å². The standard InChI is InChI=1S/C23H24FN5O3/c24-19-3-1-2-17(10-19)21-5-4-18(12-25-21)23(32)27-20-6-8-28(9-7-20)13-16-11-26-29(14-16)15-22(30)31/h1-5,10-12,14,20H,6-9,13,15H2,(H,27,32)(H,30,31). The number of carbonyl (C=O) groups excluding carboxylic acids is 1. The van der Waals surface area contributed by atoms with E-state index in [1.165, 1.54) is 23.0 Å². The summed E-state index contributed by atoms with van der Waals surface area (Å²) >= 11 is 0. The number of piperidine rings is 1. The third-order valence-corrected chi connectivity index (χ3v) is 5.46. The summed E-state index contributed by atoms with van der Waals surface area (Å²) in [6.45, 7) is 2.20. The number of aromatic nitrogens is 3. The van der Waals surface area contributed by atoms with Crippen molar-refractivity contribution in [2.75, 3.05) is 13.1 Å². The summed E-state index contributed by atoms with van der Waals surface area (Å²) in [6, 6.07) is 9.69. The molecule has 0 atom stereocenters. The zero-order valence-corrected chi connectivity index (χ0v) is 17.4. The Balaban J connectivity index is 1.26. The number of halogens is 1. The number of benzene rings is 1. The summed E-state index contributed by atoms with van der Waals surface area (Å²) < 4.78 is 14.8. The van der Waals surface area contributed by atoms with Gasteiger partial charge in [-0.05, 0) is 37.1 Å². The minimum absolute atomic E-state index is 0.0800. The molecule has 0 unspecified atom stereocenters. The van der Waals surface area contributed by atoms with Crippen LogP contribution in [-0.2, 0) is 17.9 Å². The van der Waals surface area contributed by atoms with E-state index in [-0.39, 0.29) is 24.3 Å². The fourth-order valence-electron chi connectivity index (χ4n) is 3.82. The fourth-order valence-corrected chi connectivity index (χ4v) is 3.82. The van der Waals surface area contributed by atoms with E-state index in [9.17, 15) is 14.0 Å². The van der Waals surface area contributed by atoms with E-state index < -0.39 is 5.97 Å². The van der Waals surface area contributed by atoms with Crippen LogP contribution in [0.15, 0.2) is 55.0 Å². The predicted molar refractivity (Wildman–Crippen MR) is 115 cm³/mol. The van der Waals surface area contributed by atoms with Crippen LogP contribution in [0.5, 0.6) is 0 Å². The molecule has 1 aromatic carbocycles. The molecule has 1 aliphatic rings. The number of hydrogen-bond acceptors (Lipinski definition) is 5. The second-order valence-corrected chi connectivity index (χ2v) is 7.91. The zero-order valence-electron chi connectivity index (χ0n) is 17.4. The second kappa shape index (κ2) is 9.69. The van der Waals surface area contributed by atoms with Crippen LogP contribution in [0.2, 0.25) is 0 Å². The lowest BCUT2D eigenvalue weighted by atomic mass is 10.0. The number of amides is 1. The third kappa shape index (κ3) is 5.55. The molecule has 166 valence electrons. The smallest absolute Gasteiger partial charge is 0.325 e. The van der Waals surface area contributed by atoms with Crippen LogP contribution >= 0.6 is 0 Å². The number of nitrogens with zero attached hydrogens (tertiary/aromatic N) is 4. The molecule has 1 fully saturated rings. The summed E-state index contributed by atoms with van der Waals surface area (Å²) in [4.78, 5) is 29.9. The lowest BCUT2D eigenvalue weighted by Crippen LogP contribution is -2.44. The molecule has 8 nitrogen and oxygen atoms in total. The molecule has 0 radical (unpaired) electrons. The molecule has 9 heteroatoms. The van der Waals surface area contributed by atoms with Gasteiger partial charge in [0, 0.05) is 49.2 Å². The molecule has 3 heterocycles. The van der Waals surface area contributed by atoms with Crippen molar-refractivity contribution in [3.63, 3.8) is 0 Å². The number of pyridine rings is 1. The number of nitrogens with one attached hydrogen (secondary N) is 1. The molecule has 0 aliphatic carbocycles. The maximum atomic E-state index is 13.4. The largest absolute Gasteiger partial charge is 0.480 e. The Morgan fingerprint density at radius 3 is 2.66 bits per heavy atom. The molecular formula is C23H24FN5O3. The first-order chi connectivity index (χ1) is 15.5. The Morgan fingerprint density at radius 1 is 1.16 bits per heavy atom. The maximum absolute atomic E-state index is 13.4. The highest BCUT2D eigenvalue weighted by molar-refractivity contribution is 5.94. The van der Waals surface area contributed by atoms with Gasteiger partial charge in [-0.1, -0.05) is 12.1 Å². The van der Waals surface area contributed by atoms with Gasteiger partial charge in [0.25, 0.3) is 5.91 Å². The van der Waals surface area contributed by atoms with Gasteiger partial charge in [-0.3, -0.25) is 24.2 Å². The van der Waals surface area contributed by atoms with Crippen LogP contribution in [-0.4, -0.2) is 55.8 Å². The third-order valence-electron chi connectivity index (χ3n) is 5.46. The van der Waals surface area contributed by atoms with Crippen molar-refractivity contribution in [2.24, 2.45) is 0 Å². The van der Waals surface area contributed by atoms with Crippen molar-refractivity contribution < 1.29 is 19.1 Å². The first-order valence-corrected chi connectivity index (χ1v) is 10.4. The summed E-state index contributed by atoms with van der Waals surface area (Å²) in [7, 11) is 0. The SMILES string of the molecule is O=C(O)Cn1cc(CN2CCC(NC(=O)c3ccc(-c4cccc(F)c4)nc3)CC2)cn1. The van der Waals surface area contributed by atoms with Crippen molar-refractivity contribution in [1.29, 1.82) is 0 Å². The predicted octanol–water partition coefficient (Wildman–Crippen LogP) is 2.56. The van der Waals surface area contributed by atoms with Gasteiger partial charge in [0.05, 0.1) is 17.5 Å². The quantitative estimate of drug-likeness (QED) is 0.589. The topological polar surface area (TPSA) is 100 Å². The zero-order chi connectivity index (χ0) is 22.5. The fraction of sp³-hybridized carbons (Fsp3) is 0.304. The molecule has 2 N–H and O–H groups in total. The number of carboxylic acid groups (broad SMARTS) is 1. The van der Waals surface area contributed by atoms with E-state index in [1.54, 1.807) is 36.7 Å². The summed E-state index contributed by atoms with van der Waals surface area (Å²) in [6.07, 6.45) is 6.60. The van der Waals surface area contributed by atoms with E-state index in [0.29, 0.717) is 23.4 Å². The van der Waals surface area contributed by atoms with Gasteiger partial charge in [0.15, 0.2) is 0 Å². The molecule has 1 saturated heterocycles. The van der Waals surface area contributed by atoms with Crippen molar-refractivity contribution in [3.8, 4) is 11.3 Å². The van der Waals surface area contributed by atoms with Crippen LogP contribution in [0, 0.1) is 5.82 Å². The molecule has 32 heavy (non-hydrogen) atoms. The normalized spacial score (nSPS) is 14.9. The highest BCUT2D eigenvalue weighted by Crippen LogP contribution is 2.19. The van der Waals surface area contributed by atoms with Gasteiger partial charge in [-0.2, -0.15) is 5.10 Å². The summed E-state index contributed by atoms with van der Waals surface area (Å²) in [5.41, 5.74) is 2.72. The molecule has 1 amide bonds. The Bertz CT molecular complexity index is 1090. The average molecular weight is 437 g/mol.